The molecule has 0 fully saturated rings. The third-order valence-corrected chi connectivity index (χ3v) is 7.40. The van der Waals surface area contributed by atoms with Gasteiger partial charge in [-0.05, 0) is 35.9 Å². The van der Waals surface area contributed by atoms with Crippen LogP contribution in [0.15, 0.2) is 76.6 Å². The predicted molar refractivity (Wildman–Crippen MR) is 143 cm³/mol. The number of phenolic OH excluding ortho intramolecular Hbond substituents is 1. The van der Waals surface area contributed by atoms with Gasteiger partial charge in [-0.25, -0.2) is 19.5 Å². The average molecular weight is 540 g/mol. The molecule has 0 radical (unpaired) electrons. The zero-order valence-electron chi connectivity index (χ0n) is 20.9. The zero-order chi connectivity index (χ0) is 26.5. The van der Waals surface area contributed by atoms with Crippen LogP contribution in [0.3, 0.4) is 0 Å². The zero-order valence-corrected chi connectivity index (χ0v) is 21.7. The fourth-order valence-electron chi connectivity index (χ4n) is 4.83. The lowest BCUT2D eigenvalue weighted by Gasteiger charge is -2.28. The van der Waals surface area contributed by atoms with Crippen molar-refractivity contribution in [2.24, 2.45) is 0 Å². The van der Waals surface area contributed by atoms with Crippen LogP contribution in [0.1, 0.15) is 28.4 Å². The maximum Gasteiger partial charge on any atom is 0.257 e. The van der Waals surface area contributed by atoms with Crippen LogP contribution in [0.2, 0.25) is 0 Å². The first-order valence-corrected chi connectivity index (χ1v) is 13.0. The summed E-state index contributed by atoms with van der Waals surface area (Å²) in [4.78, 5) is 14.0. The van der Waals surface area contributed by atoms with Crippen molar-refractivity contribution in [1.82, 2.24) is 24.6 Å². The minimum absolute atomic E-state index is 0.102. The van der Waals surface area contributed by atoms with Crippen LogP contribution in [0.5, 0.6) is 28.9 Å². The Hall–Kier alpha value is -4.77. The van der Waals surface area contributed by atoms with Crippen LogP contribution >= 0.6 is 11.8 Å². The van der Waals surface area contributed by atoms with Gasteiger partial charge in [-0.3, -0.25) is 0 Å². The molecule has 1 aliphatic rings. The van der Waals surface area contributed by atoms with Crippen LogP contribution in [-0.4, -0.2) is 43.9 Å². The number of hydrogen-bond donors (Lipinski definition) is 1. The van der Waals surface area contributed by atoms with Gasteiger partial charge >= 0.3 is 0 Å². The van der Waals surface area contributed by atoms with Gasteiger partial charge in [0.15, 0.2) is 28.6 Å². The van der Waals surface area contributed by atoms with Crippen LogP contribution in [0, 0.1) is 0 Å². The molecule has 0 saturated heterocycles. The van der Waals surface area contributed by atoms with Gasteiger partial charge in [0, 0.05) is 17.5 Å². The molecule has 11 heteroatoms. The second-order valence-corrected chi connectivity index (χ2v) is 9.79. The SMILES string of the molecule is COc1ccc(C2c3ccc(O)cc3Oc3ncn4nc(CSc5nc6ccccc6o5)nc4c32)cc1OC. The number of fused-ring (bicyclic) bond motifs is 5. The Morgan fingerprint density at radius 2 is 1.87 bits per heavy atom. The number of para-hydroxylation sites is 2. The lowest BCUT2D eigenvalue weighted by Crippen LogP contribution is -2.15. The van der Waals surface area contributed by atoms with Gasteiger partial charge in [0.2, 0.25) is 5.88 Å². The van der Waals surface area contributed by atoms with Gasteiger partial charge in [-0.1, -0.05) is 36.0 Å². The molecule has 3 aromatic heterocycles. The van der Waals surface area contributed by atoms with Crippen LogP contribution in [-0.2, 0) is 5.75 Å². The Morgan fingerprint density at radius 3 is 2.72 bits per heavy atom. The standard InChI is InChI=1S/C28H21N5O5S/c1-35-20-10-7-15(11-22(20)36-2)24-17-9-8-16(34)12-21(17)37-27-25(24)26-31-23(32-33(26)14-29-27)13-39-28-30-18-5-3-4-6-19(18)38-28/h3-12,14,24,34H,13H2,1-2H3. The minimum Gasteiger partial charge on any atom is -0.508 e. The fourth-order valence-corrected chi connectivity index (χ4v) is 5.51. The molecule has 10 nitrogen and oxygen atoms in total. The molecule has 0 amide bonds. The van der Waals surface area contributed by atoms with E-state index >= 15 is 0 Å². The summed E-state index contributed by atoms with van der Waals surface area (Å²) in [5, 5.41) is 15.4. The Bertz CT molecular complexity index is 1830. The van der Waals surface area contributed by atoms with Gasteiger partial charge in [0.05, 0.1) is 25.5 Å². The van der Waals surface area contributed by atoms with Crippen molar-refractivity contribution in [1.29, 1.82) is 0 Å². The predicted octanol–water partition coefficient (Wildman–Crippen LogP) is 5.57. The number of thioether (sulfide) groups is 1. The molecule has 1 N–H and O–H groups in total. The molecule has 194 valence electrons. The van der Waals surface area contributed by atoms with Crippen molar-refractivity contribution in [2.75, 3.05) is 14.2 Å². The van der Waals surface area contributed by atoms with Gasteiger partial charge in [0.25, 0.3) is 5.22 Å². The second-order valence-electron chi connectivity index (χ2n) is 8.87. The van der Waals surface area contributed by atoms with Gasteiger partial charge < -0.3 is 23.7 Å². The summed E-state index contributed by atoms with van der Waals surface area (Å²) in [6.45, 7) is 0. The topological polar surface area (TPSA) is 117 Å². The Labute approximate surface area is 226 Å². The monoisotopic (exact) mass is 539 g/mol. The molecule has 39 heavy (non-hydrogen) atoms. The summed E-state index contributed by atoms with van der Waals surface area (Å²) >= 11 is 1.42. The highest BCUT2D eigenvalue weighted by Gasteiger charge is 2.34. The van der Waals surface area contributed by atoms with E-state index in [1.54, 1.807) is 37.2 Å². The lowest BCUT2D eigenvalue weighted by atomic mass is 9.83. The van der Waals surface area contributed by atoms with Gasteiger partial charge in [-0.2, -0.15) is 0 Å². The van der Waals surface area contributed by atoms with E-state index in [0.717, 1.165) is 27.8 Å². The molecule has 1 atom stereocenters. The number of nitrogens with zero attached hydrogens (tertiary/aromatic N) is 5. The number of oxazole rings is 1. The molecule has 3 aromatic carbocycles. The summed E-state index contributed by atoms with van der Waals surface area (Å²) in [6, 6.07) is 18.5. The summed E-state index contributed by atoms with van der Waals surface area (Å²) < 4.78 is 24.7. The summed E-state index contributed by atoms with van der Waals surface area (Å²) in [5.74, 6) is 2.97. The Morgan fingerprint density at radius 1 is 1.00 bits per heavy atom. The van der Waals surface area contributed by atoms with Crippen molar-refractivity contribution in [2.45, 2.75) is 16.9 Å². The van der Waals surface area contributed by atoms with E-state index in [0.29, 0.717) is 45.6 Å². The van der Waals surface area contributed by atoms with Crippen molar-refractivity contribution in [3.8, 4) is 28.9 Å². The fraction of sp³-hybridized carbons (Fsp3) is 0.143. The highest BCUT2D eigenvalue weighted by atomic mass is 32.2. The van der Waals surface area contributed by atoms with Crippen molar-refractivity contribution in [3.63, 3.8) is 0 Å². The number of methoxy groups -OCH3 is 2. The van der Waals surface area contributed by atoms with Crippen molar-refractivity contribution in [3.05, 3.63) is 89.5 Å². The second kappa shape index (κ2) is 9.21. The highest BCUT2D eigenvalue weighted by Crippen LogP contribution is 2.49. The quantitative estimate of drug-likeness (QED) is 0.269. The molecular formula is C28H21N5O5S. The third kappa shape index (κ3) is 3.98. The minimum atomic E-state index is -0.318. The molecule has 0 saturated carbocycles. The summed E-state index contributed by atoms with van der Waals surface area (Å²) in [5.41, 5.74) is 4.69. The van der Waals surface area contributed by atoms with E-state index < -0.39 is 0 Å². The molecule has 7 rings (SSSR count). The largest absolute Gasteiger partial charge is 0.508 e. The number of phenols is 1. The first-order valence-electron chi connectivity index (χ1n) is 12.1. The average Bonchev–Trinajstić information content (AvgIpc) is 3.58. The first-order chi connectivity index (χ1) is 19.1. The number of aromatic hydroxyl groups is 1. The van der Waals surface area contributed by atoms with Crippen LogP contribution in [0.4, 0.5) is 0 Å². The Kier molecular flexibility index (Phi) is 5.51. The third-order valence-electron chi connectivity index (χ3n) is 6.57. The van der Waals surface area contributed by atoms with E-state index in [1.807, 2.05) is 48.5 Å². The van der Waals surface area contributed by atoms with E-state index in [9.17, 15) is 5.11 Å². The number of rotatable bonds is 6. The smallest absolute Gasteiger partial charge is 0.257 e. The molecule has 4 heterocycles. The molecule has 1 aliphatic heterocycles. The van der Waals surface area contributed by atoms with Crippen LogP contribution < -0.4 is 14.2 Å². The maximum absolute atomic E-state index is 10.1. The molecule has 1 unspecified atom stereocenters. The molecule has 0 spiro atoms. The number of ether oxygens (including phenoxy) is 3. The first kappa shape index (κ1) is 23.4. The van der Waals surface area contributed by atoms with E-state index in [1.165, 1.54) is 11.8 Å². The molecule has 6 aromatic rings. The van der Waals surface area contributed by atoms with Gasteiger partial charge in [-0.15, -0.1) is 5.10 Å². The van der Waals surface area contributed by atoms with E-state index in [4.69, 9.17) is 23.6 Å². The number of aromatic nitrogens is 5. The molecular weight excluding hydrogens is 518 g/mol. The highest BCUT2D eigenvalue weighted by molar-refractivity contribution is 7.98. The molecule has 0 aliphatic carbocycles. The summed E-state index contributed by atoms with van der Waals surface area (Å²) in [6.07, 6.45) is 1.58. The maximum atomic E-state index is 10.1. The van der Waals surface area contributed by atoms with Crippen LogP contribution in [0.25, 0.3) is 16.7 Å². The Balaban J connectivity index is 1.32. The normalized spacial score (nSPS) is 14.2. The molecule has 0 bridgehead atoms. The number of hydrogen-bond acceptors (Lipinski definition) is 10. The van der Waals surface area contributed by atoms with Crippen molar-refractivity contribution >= 4 is 28.5 Å². The number of benzene rings is 3. The van der Waals surface area contributed by atoms with Crippen molar-refractivity contribution < 1.29 is 23.7 Å². The van der Waals surface area contributed by atoms with E-state index in [-0.39, 0.29) is 11.7 Å². The van der Waals surface area contributed by atoms with Gasteiger partial charge in [0.1, 0.15) is 23.3 Å². The lowest BCUT2D eigenvalue weighted by molar-refractivity contribution is 0.354. The van der Waals surface area contributed by atoms with E-state index in [2.05, 4.69) is 15.1 Å². The summed E-state index contributed by atoms with van der Waals surface area (Å²) in [7, 11) is 3.20.